The van der Waals surface area contributed by atoms with Gasteiger partial charge in [0, 0.05) is 24.2 Å². The predicted octanol–water partition coefficient (Wildman–Crippen LogP) is 1.74. The fraction of sp³-hybridized carbons (Fsp3) is 0.294. The molecule has 130 valence electrons. The normalized spacial score (nSPS) is 11.2. The van der Waals surface area contributed by atoms with E-state index in [9.17, 15) is 14.4 Å². The maximum Gasteiger partial charge on any atom is 0.316 e. The number of nitrogens with zero attached hydrogens (tertiary/aromatic N) is 3. The highest BCUT2D eigenvalue weighted by molar-refractivity contribution is 6.05. The van der Waals surface area contributed by atoms with Crippen LogP contribution in [0.2, 0.25) is 0 Å². The van der Waals surface area contributed by atoms with Gasteiger partial charge in [-0.05, 0) is 39.0 Å². The Morgan fingerprint density at radius 2 is 2.04 bits per heavy atom. The Morgan fingerprint density at radius 3 is 2.72 bits per heavy atom. The van der Waals surface area contributed by atoms with Crippen molar-refractivity contribution in [2.75, 3.05) is 5.32 Å². The molecule has 0 atom stereocenters. The minimum atomic E-state index is -0.704. The number of fused-ring (bicyclic) bond motifs is 1. The summed E-state index contributed by atoms with van der Waals surface area (Å²) in [6, 6.07) is 6.67. The van der Waals surface area contributed by atoms with Gasteiger partial charge in [-0.2, -0.15) is 5.10 Å². The highest BCUT2D eigenvalue weighted by Crippen LogP contribution is 2.16. The summed E-state index contributed by atoms with van der Waals surface area (Å²) in [5, 5.41) is 6.98. The molecule has 0 spiro atoms. The summed E-state index contributed by atoms with van der Waals surface area (Å²) in [6.45, 7) is 6.09. The molecule has 2 heterocycles. The molecule has 8 heteroatoms. The molecule has 25 heavy (non-hydrogen) atoms. The van der Waals surface area contributed by atoms with Crippen LogP contribution < -0.4 is 16.4 Å². The molecule has 0 bridgehead atoms. The fourth-order valence-electron chi connectivity index (χ4n) is 2.75. The largest absolute Gasteiger partial charge is 0.316 e. The lowest BCUT2D eigenvalue weighted by atomic mass is 10.1. The number of amides is 1. The molecule has 2 aromatic heterocycles. The minimum absolute atomic E-state index is 0.109. The Hall–Kier alpha value is -3.16. The van der Waals surface area contributed by atoms with Crippen LogP contribution in [0.4, 0.5) is 5.82 Å². The number of hydrogen-bond donors (Lipinski definition) is 2. The third kappa shape index (κ3) is 2.98. The van der Waals surface area contributed by atoms with Gasteiger partial charge in [-0.15, -0.1) is 0 Å². The zero-order chi connectivity index (χ0) is 18.1. The van der Waals surface area contributed by atoms with E-state index in [2.05, 4.69) is 15.4 Å². The number of benzene rings is 1. The predicted molar refractivity (Wildman–Crippen MR) is 95.1 cm³/mol. The van der Waals surface area contributed by atoms with Crippen molar-refractivity contribution in [1.29, 1.82) is 0 Å². The van der Waals surface area contributed by atoms with Gasteiger partial charge in [0.1, 0.15) is 5.82 Å². The monoisotopic (exact) mass is 341 g/mol. The first-order chi connectivity index (χ1) is 11.9. The van der Waals surface area contributed by atoms with Crippen LogP contribution in [-0.2, 0) is 6.54 Å². The van der Waals surface area contributed by atoms with Gasteiger partial charge in [0.15, 0.2) is 0 Å². The zero-order valence-corrected chi connectivity index (χ0v) is 14.2. The molecule has 0 saturated heterocycles. The third-order valence-electron chi connectivity index (χ3n) is 3.95. The number of anilines is 1. The van der Waals surface area contributed by atoms with Crippen LogP contribution in [0.1, 0.15) is 37.2 Å². The molecular weight excluding hydrogens is 322 g/mol. The first kappa shape index (κ1) is 16.7. The number of H-pyrrole nitrogens is 1. The van der Waals surface area contributed by atoms with Gasteiger partial charge in [-0.25, -0.2) is 4.68 Å². The van der Waals surface area contributed by atoms with Crippen molar-refractivity contribution in [1.82, 2.24) is 19.3 Å². The number of hydrogen-bond acceptors (Lipinski definition) is 4. The van der Waals surface area contributed by atoms with Crippen LogP contribution in [0, 0.1) is 0 Å². The summed E-state index contributed by atoms with van der Waals surface area (Å²) in [5.74, 6) is 0.270. The number of aromatic amines is 1. The molecular formula is C17H19N5O3. The molecule has 1 aromatic carbocycles. The Kier molecular flexibility index (Phi) is 4.26. The molecule has 2 N–H and O–H groups in total. The van der Waals surface area contributed by atoms with Crippen LogP contribution in [0.3, 0.4) is 0 Å². The van der Waals surface area contributed by atoms with Gasteiger partial charge in [-0.3, -0.25) is 14.4 Å². The summed E-state index contributed by atoms with van der Waals surface area (Å²) in [7, 11) is 0. The van der Waals surface area contributed by atoms with E-state index in [0.29, 0.717) is 29.0 Å². The molecule has 0 aliphatic carbocycles. The van der Waals surface area contributed by atoms with Crippen LogP contribution in [0.15, 0.2) is 40.1 Å². The van der Waals surface area contributed by atoms with E-state index in [-0.39, 0.29) is 11.9 Å². The standard InChI is InChI=1S/C17H19N5O3/c1-4-21-13-6-5-11(9-12(13)19-16(24)17(21)25)15(23)20-14-7-8-18-22(14)10(2)3/h5-10H,4H2,1-3H3,(H,19,24)(H,20,23). The second-order valence-electron chi connectivity index (χ2n) is 5.94. The molecule has 0 fully saturated rings. The van der Waals surface area contributed by atoms with Gasteiger partial charge >= 0.3 is 11.1 Å². The van der Waals surface area contributed by atoms with Crippen LogP contribution in [0.5, 0.6) is 0 Å². The van der Waals surface area contributed by atoms with Gasteiger partial charge in [0.25, 0.3) is 5.91 Å². The van der Waals surface area contributed by atoms with E-state index in [1.54, 1.807) is 42.1 Å². The van der Waals surface area contributed by atoms with Crippen LogP contribution in [-0.4, -0.2) is 25.2 Å². The number of aryl methyl sites for hydroxylation is 1. The van der Waals surface area contributed by atoms with Gasteiger partial charge in [0.05, 0.1) is 17.2 Å². The lowest BCUT2D eigenvalue weighted by Gasteiger charge is -2.12. The summed E-state index contributed by atoms with van der Waals surface area (Å²) >= 11 is 0. The smallest absolute Gasteiger partial charge is 0.316 e. The molecule has 0 unspecified atom stereocenters. The second kappa shape index (κ2) is 6.39. The highest BCUT2D eigenvalue weighted by atomic mass is 16.2. The molecule has 3 aromatic rings. The molecule has 3 rings (SSSR count). The lowest BCUT2D eigenvalue weighted by Crippen LogP contribution is -2.36. The molecule has 0 aliphatic rings. The minimum Gasteiger partial charge on any atom is -0.316 e. The van der Waals surface area contributed by atoms with Crippen molar-refractivity contribution in [3.63, 3.8) is 0 Å². The van der Waals surface area contributed by atoms with E-state index >= 15 is 0 Å². The third-order valence-corrected chi connectivity index (χ3v) is 3.95. The topological polar surface area (TPSA) is 102 Å². The first-order valence-corrected chi connectivity index (χ1v) is 8.04. The van der Waals surface area contributed by atoms with E-state index < -0.39 is 11.1 Å². The van der Waals surface area contributed by atoms with Crippen molar-refractivity contribution >= 4 is 22.8 Å². The molecule has 8 nitrogen and oxygen atoms in total. The molecule has 0 radical (unpaired) electrons. The van der Waals surface area contributed by atoms with Gasteiger partial charge in [-0.1, -0.05) is 0 Å². The average molecular weight is 341 g/mol. The van der Waals surface area contributed by atoms with Crippen molar-refractivity contribution in [3.05, 3.63) is 56.7 Å². The quantitative estimate of drug-likeness (QED) is 0.706. The summed E-state index contributed by atoms with van der Waals surface area (Å²) < 4.78 is 3.08. The first-order valence-electron chi connectivity index (χ1n) is 8.04. The zero-order valence-electron chi connectivity index (χ0n) is 14.2. The second-order valence-corrected chi connectivity index (χ2v) is 5.94. The Bertz CT molecular complexity index is 1060. The summed E-state index contributed by atoms with van der Waals surface area (Å²) in [4.78, 5) is 38.7. The number of carbonyl (C=O) groups is 1. The van der Waals surface area contributed by atoms with Gasteiger partial charge < -0.3 is 14.9 Å². The summed E-state index contributed by atoms with van der Waals surface area (Å²) in [5.41, 5.74) is 0.0890. The average Bonchev–Trinajstić information content (AvgIpc) is 3.04. The number of rotatable bonds is 4. The number of carbonyl (C=O) groups excluding carboxylic acids is 1. The Labute approximate surface area is 143 Å². The Morgan fingerprint density at radius 1 is 1.28 bits per heavy atom. The van der Waals surface area contributed by atoms with E-state index in [0.717, 1.165) is 0 Å². The molecule has 1 amide bonds. The number of nitrogens with one attached hydrogen (secondary N) is 2. The van der Waals surface area contributed by atoms with Crippen molar-refractivity contribution < 1.29 is 4.79 Å². The molecule has 0 saturated carbocycles. The van der Waals surface area contributed by atoms with E-state index in [1.165, 1.54) is 4.57 Å². The summed E-state index contributed by atoms with van der Waals surface area (Å²) in [6.07, 6.45) is 1.62. The highest BCUT2D eigenvalue weighted by Gasteiger charge is 2.13. The van der Waals surface area contributed by atoms with Crippen molar-refractivity contribution in [2.45, 2.75) is 33.4 Å². The molecule has 0 aliphatic heterocycles. The van der Waals surface area contributed by atoms with Crippen LogP contribution >= 0.6 is 0 Å². The number of aromatic nitrogens is 4. The maximum atomic E-state index is 12.5. The van der Waals surface area contributed by atoms with Crippen LogP contribution in [0.25, 0.3) is 11.0 Å². The van der Waals surface area contributed by atoms with E-state index in [1.807, 2.05) is 13.8 Å². The Balaban J connectivity index is 2.00. The van der Waals surface area contributed by atoms with Crippen molar-refractivity contribution in [3.8, 4) is 0 Å². The SMILES string of the molecule is CCn1c(=O)c(=O)[nH]c2cc(C(=O)Nc3ccnn3C(C)C)ccc21. The van der Waals surface area contributed by atoms with E-state index in [4.69, 9.17) is 0 Å². The van der Waals surface area contributed by atoms with Crippen molar-refractivity contribution in [2.24, 2.45) is 0 Å². The van der Waals surface area contributed by atoms with Gasteiger partial charge in [0.2, 0.25) is 0 Å². The lowest BCUT2D eigenvalue weighted by molar-refractivity contribution is 0.102. The maximum absolute atomic E-state index is 12.5. The fourth-order valence-corrected chi connectivity index (χ4v) is 2.75.